The fraction of sp³-hybridized carbons (Fsp3) is 0.176. The van der Waals surface area contributed by atoms with E-state index in [2.05, 4.69) is 10.9 Å². The van der Waals surface area contributed by atoms with Gasteiger partial charge in [0, 0.05) is 11.4 Å². The van der Waals surface area contributed by atoms with Gasteiger partial charge in [0.25, 0.3) is 5.91 Å². The van der Waals surface area contributed by atoms with E-state index in [0.717, 1.165) is 5.56 Å². The molecule has 0 heterocycles. The molecule has 2 aromatic carbocycles. The minimum atomic E-state index is -0.523. The molecule has 0 saturated heterocycles. The molecule has 0 unspecified atom stereocenters. The molecule has 0 spiro atoms. The van der Waals surface area contributed by atoms with E-state index in [1.165, 1.54) is 24.3 Å². The number of carbonyl (C=O) groups excluding carboxylic acids is 2. The largest absolute Gasteiger partial charge is 0.484 e. The molecule has 0 aromatic heterocycles. The standard InChI is InChI=1S/C17H16ClFN2O3/c18-15-4-2-1-3-12(15)5-10-16(22)20-21-17(23)11-24-14-8-6-13(19)7-9-14/h1-4,6-9H,5,10-11H2,(H,20,22)(H,21,23). The summed E-state index contributed by atoms with van der Waals surface area (Å²) in [6.45, 7) is -0.295. The Balaban J connectivity index is 1.66. The summed E-state index contributed by atoms with van der Waals surface area (Å²) in [5.41, 5.74) is 5.40. The lowest BCUT2D eigenvalue weighted by Gasteiger charge is -2.09. The van der Waals surface area contributed by atoms with Gasteiger partial charge in [-0.1, -0.05) is 29.8 Å². The lowest BCUT2D eigenvalue weighted by Crippen LogP contribution is -2.43. The Hall–Kier alpha value is -2.60. The monoisotopic (exact) mass is 350 g/mol. The fourth-order valence-electron chi connectivity index (χ4n) is 1.87. The molecule has 0 aliphatic heterocycles. The van der Waals surface area contributed by atoms with Gasteiger partial charge >= 0.3 is 0 Å². The van der Waals surface area contributed by atoms with Crippen molar-refractivity contribution in [3.8, 4) is 5.75 Å². The summed E-state index contributed by atoms with van der Waals surface area (Å²) < 4.78 is 17.9. The number of nitrogens with one attached hydrogen (secondary N) is 2. The van der Waals surface area contributed by atoms with E-state index in [9.17, 15) is 14.0 Å². The van der Waals surface area contributed by atoms with Crippen molar-refractivity contribution in [2.75, 3.05) is 6.61 Å². The molecular weight excluding hydrogens is 335 g/mol. The van der Waals surface area contributed by atoms with Crippen LogP contribution in [0.15, 0.2) is 48.5 Å². The Kier molecular flexibility index (Phi) is 6.57. The minimum Gasteiger partial charge on any atom is -0.484 e. The quantitative estimate of drug-likeness (QED) is 0.787. The molecule has 5 nitrogen and oxygen atoms in total. The van der Waals surface area contributed by atoms with Crippen molar-refractivity contribution >= 4 is 23.4 Å². The molecule has 0 saturated carbocycles. The highest BCUT2D eigenvalue weighted by molar-refractivity contribution is 6.31. The van der Waals surface area contributed by atoms with E-state index in [1.807, 2.05) is 18.2 Å². The average Bonchev–Trinajstić information content (AvgIpc) is 2.58. The van der Waals surface area contributed by atoms with Crippen molar-refractivity contribution in [3.63, 3.8) is 0 Å². The van der Waals surface area contributed by atoms with E-state index < -0.39 is 11.7 Å². The first-order valence-corrected chi connectivity index (χ1v) is 7.62. The van der Waals surface area contributed by atoms with E-state index in [0.29, 0.717) is 17.2 Å². The Labute approximate surface area is 143 Å². The van der Waals surface area contributed by atoms with Crippen LogP contribution < -0.4 is 15.6 Å². The van der Waals surface area contributed by atoms with Gasteiger partial charge in [-0.3, -0.25) is 20.4 Å². The number of rotatable bonds is 6. The normalized spacial score (nSPS) is 10.1. The van der Waals surface area contributed by atoms with Crippen LogP contribution in [0.5, 0.6) is 5.75 Å². The second-order valence-corrected chi connectivity index (χ2v) is 5.34. The van der Waals surface area contributed by atoms with E-state index in [4.69, 9.17) is 16.3 Å². The third-order valence-electron chi connectivity index (χ3n) is 3.10. The third-order valence-corrected chi connectivity index (χ3v) is 3.47. The lowest BCUT2D eigenvalue weighted by molar-refractivity contribution is -0.130. The van der Waals surface area contributed by atoms with Crippen molar-refractivity contribution in [2.24, 2.45) is 0 Å². The maximum Gasteiger partial charge on any atom is 0.276 e. The van der Waals surface area contributed by atoms with Crippen LogP contribution in [-0.2, 0) is 16.0 Å². The number of hydrogen-bond acceptors (Lipinski definition) is 3. The van der Waals surface area contributed by atoms with Gasteiger partial charge in [-0.05, 0) is 42.3 Å². The summed E-state index contributed by atoms with van der Waals surface area (Å²) in [6.07, 6.45) is 0.649. The summed E-state index contributed by atoms with van der Waals surface area (Å²) in [4.78, 5) is 23.3. The van der Waals surface area contributed by atoms with E-state index >= 15 is 0 Å². The molecule has 0 fully saturated rings. The van der Waals surface area contributed by atoms with Gasteiger partial charge in [-0.2, -0.15) is 0 Å². The predicted octanol–water partition coefficient (Wildman–Crippen LogP) is 2.64. The second-order valence-electron chi connectivity index (χ2n) is 4.93. The minimum absolute atomic E-state index is 0.183. The summed E-state index contributed by atoms with van der Waals surface area (Å²) in [5, 5.41) is 0.599. The SMILES string of the molecule is O=C(CCc1ccccc1Cl)NNC(=O)COc1ccc(F)cc1. The van der Waals surface area contributed by atoms with Gasteiger partial charge in [-0.25, -0.2) is 4.39 Å². The lowest BCUT2D eigenvalue weighted by atomic mass is 10.1. The van der Waals surface area contributed by atoms with Crippen LogP contribution in [0.2, 0.25) is 5.02 Å². The molecular formula is C17H16ClFN2O3. The molecule has 2 amide bonds. The maximum absolute atomic E-state index is 12.7. The predicted molar refractivity (Wildman–Crippen MR) is 88.0 cm³/mol. The van der Waals surface area contributed by atoms with Crippen LogP contribution >= 0.6 is 11.6 Å². The van der Waals surface area contributed by atoms with Crippen LogP contribution in [0, 0.1) is 5.82 Å². The Morgan fingerprint density at radius 1 is 1.00 bits per heavy atom. The number of halogens is 2. The average molecular weight is 351 g/mol. The number of hydrogen-bond donors (Lipinski definition) is 2. The molecule has 126 valence electrons. The number of hydrazine groups is 1. The maximum atomic E-state index is 12.7. The Morgan fingerprint density at radius 2 is 1.67 bits per heavy atom. The van der Waals surface area contributed by atoms with Crippen molar-refractivity contribution in [2.45, 2.75) is 12.8 Å². The van der Waals surface area contributed by atoms with E-state index in [1.54, 1.807) is 6.07 Å². The highest BCUT2D eigenvalue weighted by Gasteiger charge is 2.07. The van der Waals surface area contributed by atoms with Gasteiger partial charge in [-0.15, -0.1) is 0 Å². The number of ether oxygens (including phenoxy) is 1. The smallest absolute Gasteiger partial charge is 0.276 e. The van der Waals surface area contributed by atoms with Crippen molar-refractivity contribution in [1.82, 2.24) is 10.9 Å². The Morgan fingerprint density at radius 3 is 2.38 bits per heavy atom. The second kappa shape index (κ2) is 8.88. The molecule has 0 aliphatic rings. The van der Waals surface area contributed by atoms with Gasteiger partial charge in [0.15, 0.2) is 6.61 Å². The molecule has 2 aromatic rings. The Bertz CT molecular complexity index is 707. The topological polar surface area (TPSA) is 67.4 Å². The summed E-state index contributed by atoms with van der Waals surface area (Å²) in [5.74, 6) is -0.898. The molecule has 24 heavy (non-hydrogen) atoms. The summed E-state index contributed by atoms with van der Waals surface area (Å²) in [7, 11) is 0. The van der Waals surface area contributed by atoms with Crippen LogP contribution in [0.1, 0.15) is 12.0 Å². The highest BCUT2D eigenvalue weighted by Crippen LogP contribution is 2.16. The molecule has 0 atom stereocenters. The number of amides is 2. The first kappa shape index (κ1) is 17.7. The van der Waals surface area contributed by atoms with Crippen molar-refractivity contribution in [1.29, 1.82) is 0 Å². The zero-order valence-corrected chi connectivity index (χ0v) is 13.5. The fourth-order valence-corrected chi connectivity index (χ4v) is 2.10. The van der Waals surface area contributed by atoms with Crippen LogP contribution in [-0.4, -0.2) is 18.4 Å². The van der Waals surface area contributed by atoms with Crippen LogP contribution in [0.4, 0.5) is 4.39 Å². The highest BCUT2D eigenvalue weighted by atomic mass is 35.5. The molecule has 0 aliphatic carbocycles. The van der Waals surface area contributed by atoms with Crippen LogP contribution in [0.25, 0.3) is 0 Å². The van der Waals surface area contributed by atoms with Gasteiger partial charge < -0.3 is 4.74 Å². The van der Waals surface area contributed by atoms with E-state index in [-0.39, 0.29) is 18.9 Å². The summed E-state index contributed by atoms with van der Waals surface area (Å²) >= 11 is 6.00. The molecule has 2 rings (SSSR count). The van der Waals surface area contributed by atoms with Crippen LogP contribution in [0.3, 0.4) is 0 Å². The third kappa shape index (κ3) is 5.89. The number of aryl methyl sites for hydroxylation is 1. The first-order valence-electron chi connectivity index (χ1n) is 7.24. The summed E-state index contributed by atoms with van der Waals surface area (Å²) in [6, 6.07) is 12.5. The van der Waals surface area contributed by atoms with Crippen molar-refractivity contribution < 1.29 is 18.7 Å². The van der Waals surface area contributed by atoms with Gasteiger partial charge in [0.05, 0.1) is 0 Å². The molecule has 7 heteroatoms. The van der Waals surface area contributed by atoms with Crippen molar-refractivity contribution in [3.05, 3.63) is 64.9 Å². The number of benzene rings is 2. The number of carbonyl (C=O) groups is 2. The van der Waals surface area contributed by atoms with Gasteiger partial charge in [0.1, 0.15) is 11.6 Å². The molecule has 0 bridgehead atoms. The molecule has 2 N–H and O–H groups in total. The van der Waals surface area contributed by atoms with Gasteiger partial charge in [0.2, 0.25) is 5.91 Å². The zero-order chi connectivity index (χ0) is 17.4. The first-order chi connectivity index (χ1) is 11.5. The zero-order valence-electron chi connectivity index (χ0n) is 12.7. The molecule has 0 radical (unpaired) electrons.